The maximum absolute atomic E-state index is 13.4. The molecule has 1 amide bonds. The summed E-state index contributed by atoms with van der Waals surface area (Å²) in [7, 11) is 0. The summed E-state index contributed by atoms with van der Waals surface area (Å²) in [6.45, 7) is 1.31. The molecular weight excluding hydrogens is 475 g/mol. The lowest BCUT2D eigenvalue weighted by Gasteiger charge is -2.37. The fourth-order valence-electron chi connectivity index (χ4n) is 3.79. The molecule has 3 aromatic rings. The van der Waals surface area contributed by atoms with Crippen LogP contribution >= 0.6 is 23.4 Å². The first-order valence-corrected chi connectivity index (χ1v) is 11.2. The summed E-state index contributed by atoms with van der Waals surface area (Å²) >= 11 is 7.08. The number of aliphatic imine (C=N–C) groups is 1. The first-order chi connectivity index (χ1) is 15.7. The van der Waals surface area contributed by atoms with Crippen LogP contribution in [0.3, 0.4) is 0 Å². The summed E-state index contributed by atoms with van der Waals surface area (Å²) in [6, 6.07) is 9.24. The highest BCUT2D eigenvalue weighted by Crippen LogP contribution is 2.35. The first-order valence-electron chi connectivity index (χ1n) is 10.0. The zero-order chi connectivity index (χ0) is 23.3. The summed E-state index contributed by atoms with van der Waals surface area (Å²) in [4.78, 5) is 18.8. The lowest BCUT2D eigenvalue weighted by Crippen LogP contribution is -2.56. The molecule has 1 saturated heterocycles. The van der Waals surface area contributed by atoms with Gasteiger partial charge in [-0.05, 0) is 53.2 Å². The molecule has 0 bridgehead atoms. The molecule has 3 heterocycles. The Morgan fingerprint density at radius 3 is 2.73 bits per heavy atom. The van der Waals surface area contributed by atoms with Crippen molar-refractivity contribution in [1.29, 1.82) is 0 Å². The second-order valence-corrected chi connectivity index (χ2v) is 9.34. The topological polar surface area (TPSA) is 76.5 Å². The predicted molar refractivity (Wildman–Crippen MR) is 123 cm³/mol. The molecule has 2 aromatic carbocycles. The molecule has 2 aliphatic rings. The van der Waals surface area contributed by atoms with Crippen molar-refractivity contribution in [3.05, 3.63) is 69.2 Å². The van der Waals surface area contributed by atoms with Crippen molar-refractivity contribution in [3.63, 3.8) is 0 Å². The van der Waals surface area contributed by atoms with Crippen LogP contribution in [-0.2, 0) is 17.5 Å². The Bertz CT molecular complexity index is 1330. The Balaban J connectivity index is 1.38. The third-order valence-corrected chi connectivity index (χ3v) is 6.73. The van der Waals surface area contributed by atoms with Crippen molar-refractivity contribution in [2.45, 2.75) is 18.8 Å². The number of halogens is 4. The number of rotatable bonds is 3. The molecule has 0 spiro atoms. The van der Waals surface area contributed by atoms with E-state index in [1.165, 1.54) is 28.6 Å². The van der Waals surface area contributed by atoms with Gasteiger partial charge in [-0.25, -0.2) is 0 Å². The van der Waals surface area contributed by atoms with E-state index in [2.05, 4.69) is 10.1 Å². The van der Waals surface area contributed by atoms with Crippen molar-refractivity contribution in [3.8, 4) is 0 Å². The normalized spacial score (nSPS) is 18.3. The smallest absolute Gasteiger partial charge is 0.348 e. The van der Waals surface area contributed by atoms with Crippen LogP contribution in [-0.4, -0.2) is 44.9 Å². The number of alkyl halides is 3. The molecule has 170 valence electrons. The molecule has 6 nitrogen and oxygen atoms in total. The number of benzene rings is 2. The van der Waals surface area contributed by atoms with Crippen LogP contribution in [0.5, 0.6) is 0 Å². The van der Waals surface area contributed by atoms with Crippen LogP contribution < -0.4 is 5.73 Å². The summed E-state index contributed by atoms with van der Waals surface area (Å²) < 4.78 is 41.8. The number of hydrogen-bond donors (Lipinski definition) is 1. The average molecular weight is 492 g/mol. The molecule has 2 N–H and O–H groups in total. The van der Waals surface area contributed by atoms with Crippen molar-refractivity contribution < 1.29 is 18.0 Å². The number of fused-ring (bicyclic) bond motifs is 1. The van der Waals surface area contributed by atoms with Crippen LogP contribution in [0.15, 0.2) is 52.5 Å². The molecule has 0 atom stereocenters. The van der Waals surface area contributed by atoms with Gasteiger partial charge in [0, 0.05) is 29.5 Å². The standard InChI is InChI=1S/C22H17ClF3N5OS/c23-15-3-2-13(17(7-15)22(24,25)26)9-31-18-4-1-12(5-14(18)8-28-31)6-19-20(32)29-21(33-19)30-10-16(27)11-30/h1-8,16H,9-11,27H2/b19-6-. The number of likely N-dealkylation sites (tertiary alicyclic amines) is 1. The molecule has 1 fully saturated rings. The van der Waals surface area contributed by atoms with Gasteiger partial charge in [0.25, 0.3) is 5.91 Å². The largest absolute Gasteiger partial charge is 0.416 e. The van der Waals surface area contributed by atoms with Crippen molar-refractivity contribution in [1.82, 2.24) is 14.7 Å². The fourth-order valence-corrected chi connectivity index (χ4v) is 4.89. The number of hydrogen-bond acceptors (Lipinski definition) is 5. The van der Waals surface area contributed by atoms with Gasteiger partial charge >= 0.3 is 6.18 Å². The Kier molecular flexibility index (Phi) is 5.46. The number of nitrogens with zero attached hydrogens (tertiary/aromatic N) is 4. The van der Waals surface area contributed by atoms with Crippen molar-refractivity contribution in [2.24, 2.45) is 10.7 Å². The lowest BCUT2D eigenvalue weighted by atomic mass is 10.1. The molecule has 0 unspecified atom stereocenters. The Hall–Kier alpha value is -2.82. The Morgan fingerprint density at radius 2 is 2.00 bits per heavy atom. The minimum Gasteiger partial charge on any atom is -0.348 e. The molecule has 1 aromatic heterocycles. The third-order valence-electron chi connectivity index (χ3n) is 5.45. The minimum atomic E-state index is -4.52. The highest BCUT2D eigenvalue weighted by Gasteiger charge is 2.34. The SMILES string of the molecule is NC1CN(C2=NC(=O)/C(=C/c3ccc4c(cnn4Cc4ccc(Cl)cc4C(F)(F)F)c3)S2)C1. The van der Waals surface area contributed by atoms with Gasteiger partial charge in [0.15, 0.2) is 5.17 Å². The van der Waals surface area contributed by atoms with E-state index in [0.29, 0.717) is 28.7 Å². The summed E-state index contributed by atoms with van der Waals surface area (Å²) in [5.41, 5.74) is 6.54. The number of thioether (sulfide) groups is 1. The molecule has 0 saturated carbocycles. The number of amides is 1. The predicted octanol–water partition coefficient (Wildman–Crippen LogP) is 4.37. The van der Waals surface area contributed by atoms with Gasteiger partial charge in [0.1, 0.15) is 0 Å². The summed E-state index contributed by atoms with van der Waals surface area (Å²) in [5.74, 6) is -0.298. The van der Waals surface area contributed by atoms with Gasteiger partial charge in [0.2, 0.25) is 0 Å². The van der Waals surface area contributed by atoms with E-state index in [0.717, 1.165) is 17.0 Å². The molecule has 33 heavy (non-hydrogen) atoms. The van der Waals surface area contributed by atoms with Gasteiger partial charge in [-0.15, -0.1) is 0 Å². The molecular formula is C22H17ClF3N5OS. The second-order valence-electron chi connectivity index (χ2n) is 7.89. The highest BCUT2D eigenvalue weighted by molar-refractivity contribution is 8.18. The molecule has 0 aliphatic carbocycles. The Morgan fingerprint density at radius 1 is 1.21 bits per heavy atom. The van der Waals surface area contributed by atoms with E-state index in [1.807, 2.05) is 11.0 Å². The highest BCUT2D eigenvalue weighted by atomic mass is 35.5. The van der Waals surface area contributed by atoms with E-state index in [1.54, 1.807) is 24.4 Å². The van der Waals surface area contributed by atoms with Crippen LogP contribution in [0.25, 0.3) is 17.0 Å². The van der Waals surface area contributed by atoms with Gasteiger partial charge in [0.05, 0.1) is 28.7 Å². The number of carbonyl (C=O) groups is 1. The summed E-state index contributed by atoms with van der Waals surface area (Å²) in [6.07, 6.45) is -1.18. The van der Waals surface area contributed by atoms with Gasteiger partial charge in [-0.1, -0.05) is 23.7 Å². The van der Waals surface area contributed by atoms with Gasteiger partial charge in [-0.2, -0.15) is 23.3 Å². The second kappa shape index (κ2) is 8.19. The van der Waals surface area contributed by atoms with Crippen LogP contribution in [0.4, 0.5) is 13.2 Å². The molecule has 5 rings (SSSR count). The summed E-state index contributed by atoms with van der Waals surface area (Å²) in [5, 5.41) is 5.70. The van der Waals surface area contributed by atoms with Crippen LogP contribution in [0, 0.1) is 0 Å². The van der Waals surface area contributed by atoms with Crippen LogP contribution in [0.2, 0.25) is 5.02 Å². The number of aromatic nitrogens is 2. The molecule has 2 aliphatic heterocycles. The third kappa shape index (κ3) is 4.38. The molecule has 0 radical (unpaired) electrons. The number of nitrogens with two attached hydrogens (primary N) is 1. The zero-order valence-corrected chi connectivity index (χ0v) is 18.6. The van der Waals surface area contributed by atoms with Crippen LogP contribution in [0.1, 0.15) is 16.7 Å². The van der Waals surface area contributed by atoms with E-state index in [-0.39, 0.29) is 29.1 Å². The average Bonchev–Trinajstić information content (AvgIpc) is 3.29. The van der Waals surface area contributed by atoms with Gasteiger partial charge in [-0.3, -0.25) is 9.48 Å². The van der Waals surface area contributed by atoms with Crippen molar-refractivity contribution >= 4 is 51.4 Å². The maximum atomic E-state index is 13.4. The van der Waals surface area contributed by atoms with E-state index < -0.39 is 11.7 Å². The first kappa shape index (κ1) is 22.0. The number of amidine groups is 1. The fraction of sp³-hybridized carbons (Fsp3) is 0.227. The zero-order valence-electron chi connectivity index (χ0n) is 17.0. The number of carbonyl (C=O) groups excluding carboxylic acids is 1. The Labute approximate surface area is 195 Å². The monoisotopic (exact) mass is 491 g/mol. The lowest BCUT2D eigenvalue weighted by molar-refractivity contribution is -0.138. The van der Waals surface area contributed by atoms with Gasteiger partial charge < -0.3 is 10.6 Å². The maximum Gasteiger partial charge on any atom is 0.416 e. The quantitative estimate of drug-likeness (QED) is 0.551. The van der Waals surface area contributed by atoms with Crippen molar-refractivity contribution in [2.75, 3.05) is 13.1 Å². The van der Waals surface area contributed by atoms with E-state index >= 15 is 0 Å². The van der Waals surface area contributed by atoms with E-state index in [4.69, 9.17) is 17.3 Å². The molecule has 11 heteroatoms. The van der Waals surface area contributed by atoms with E-state index in [9.17, 15) is 18.0 Å². The minimum absolute atomic E-state index is 0.0255.